The lowest BCUT2D eigenvalue weighted by Crippen LogP contribution is -2.44. The first-order valence-corrected chi connectivity index (χ1v) is 8.49. The molecule has 130 valence electrons. The zero-order chi connectivity index (χ0) is 17.1. The fourth-order valence-corrected chi connectivity index (χ4v) is 3.87. The Hall–Kier alpha value is -1.41. The van der Waals surface area contributed by atoms with Crippen molar-refractivity contribution in [2.45, 2.75) is 49.8 Å². The highest BCUT2D eigenvalue weighted by atomic mass is 16.6. The third kappa shape index (κ3) is 3.98. The van der Waals surface area contributed by atoms with Gasteiger partial charge in [-0.05, 0) is 38.3 Å². The molecular weight excluding hydrogens is 309 g/mol. The molecule has 2 fully saturated rings. The molecular formula is C17H24BNO5. The van der Waals surface area contributed by atoms with Crippen molar-refractivity contribution >= 4 is 13.3 Å². The summed E-state index contributed by atoms with van der Waals surface area (Å²) in [6.07, 6.45) is 3.98. The van der Waals surface area contributed by atoms with Crippen LogP contribution in [0.25, 0.3) is 0 Å². The predicted octanol–water partition coefficient (Wildman–Crippen LogP) is 0.925. The number of fused-ring (bicyclic) bond motifs is 2. The van der Waals surface area contributed by atoms with E-state index in [1.807, 2.05) is 30.3 Å². The maximum Gasteiger partial charge on any atom is 0.633 e. The van der Waals surface area contributed by atoms with Gasteiger partial charge in [0.15, 0.2) is 0 Å². The second kappa shape index (κ2) is 7.65. The lowest BCUT2D eigenvalue weighted by Gasteiger charge is -2.36. The van der Waals surface area contributed by atoms with Crippen molar-refractivity contribution in [1.82, 2.24) is 4.90 Å². The minimum atomic E-state index is -1.90. The van der Waals surface area contributed by atoms with Crippen LogP contribution in [0.5, 0.6) is 0 Å². The van der Waals surface area contributed by atoms with Gasteiger partial charge in [0.05, 0.1) is 6.61 Å². The van der Waals surface area contributed by atoms with E-state index in [1.165, 1.54) is 0 Å². The average Bonchev–Trinajstić information content (AvgIpc) is 2.77. The van der Waals surface area contributed by atoms with Gasteiger partial charge in [0, 0.05) is 12.1 Å². The Labute approximate surface area is 142 Å². The summed E-state index contributed by atoms with van der Waals surface area (Å²) in [6, 6.07) is 10.2. The summed E-state index contributed by atoms with van der Waals surface area (Å²) in [5, 5.41) is 17.9. The van der Waals surface area contributed by atoms with Crippen LogP contribution < -0.4 is 0 Å². The lowest BCUT2D eigenvalue weighted by atomic mass is 9.98. The molecule has 0 amide bonds. The molecule has 2 aliphatic heterocycles. The number of ether oxygens (including phenoxy) is 1. The maximum atomic E-state index is 12.7. The van der Waals surface area contributed by atoms with Crippen LogP contribution in [-0.4, -0.2) is 60.1 Å². The summed E-state index contributed by atoms with van der Waals surface area (Å²) < 4.78 is 10.6. The van der Waals surface area contributed by atoms with E-state index in [0.29, 0.717) is 12.1 Å². The fourth-order valence-electron chi connectivity index (χ4n) is 3.87. The zero-order valence-electron chi connectivity index (χ0n) is 13.9. The van der Waals surface area contributed by atoms with Crippen molar-refractivity contribution < 1.29 is 24.2 Å². The Morgan fingerprint density at radius 3 is 2.46 bits per heavy atom. The first kappa shape index (κ1) is 17.4. The molecule has 7 heteroatoms. The monoisotopic (exact) mass is 333 g/mol. The van der Waals surface area contributed by atoms with Crippen molar-refractivity contribution in [2.75, 3.05) is 13.7 Å². The molecule has 6 nitrogen and oxygen atoms in total. The quantitative estimate of drug-likeness (QED) is 0.595. The number of benzene rings is 1. The Morgan fingerprint density at radius 2 is 1.88 bits per heavy atom. The molecule has 2 bridgehead atoms. The van der Waals surface area contributed by atoms with Crippen LogP contribution in [0.3, 0.4) is 0 Å². The van der Waals surface area contributed by atoms with Crippen LogP contribution in [0.1, 0.15) is 37.2 Å². The lowest BCUT2D eigenvalue weighted by molar-refractivity contribution is -0.155. The molecule has 0 aromatic heterocycles. The number of esters is 1. The number of piperidine rings is 1. The van der Waals surface area contributed by atoms with E-state index in [1.54, 1.807) is 0 Å². The summed E-state index contributed by atoms with van der Waals surface area (Å²) in [6.45, 7) is -0.125. The highest BCUT2D eigenvalue weighted by Gasteiger charge is 2.40. The van der Waals surface area contributed by atoms with Crippen molar-refractivity contribution in [3.05, 3.63) is 35.9 Å². The molecule has 1 unspecified atom stereocenters. The van der Waals surface area contributed by atoms with Crippen molar-refractivity contribution in [2.24, 2.45) is 0 Å². The van der Waals surface area contributed by atoms with Crippen molar-refractivity contribution in [3.8, 4) is 0 Å². The van der Waals surface area contributed by atoms with Gasteiger partial charge in [0.25, 0.3) is 0 Å². The van der Waals surface area contributed by atoms with E-state index < -0.39 is 13.2 Å². The largest absolute Gasteiger partial charge is 0.633 e. The van der Waals surface area contributed by atoms with Crippen LogP contribution in [0, 0.1) is 0 Å². The average molecular weight is 333 g/mol. The van der Waals surface area contributed by atoms with Gasteiger partial charge in [0.2, 0.25) is 0 Å². The van der Waals surface area contributed by atoms with Crippen LogP contribution in [0.4, 0.5) is 0 Å². The molecule has 3 rings (SSSR count). The summed E-state index contributed by atoms with van der Waals surface area (Å²) in [5.41, 5.74) is 0.749. The number of rotatable bonds is 6. The standard InChI is InChI=1S/C17H24BNO5/c1-19-13-7-8-14(19)10-15(9-13)24-17(20)16(11-23-18(21)22)12-5-3-2-4-6-12/h2-6,13-16,21-22H,7-11H2,1H3/t13-,14+,15+,16?. The fraction of sp³-hybridized carbons (Fsp3) is 0.588. The smallest absolute Gasteiger partial charge is 0.462 e. The maximum absolute atomic E-state index is 12.7. The molecule has 1 aromatic carbocycles. The second-order valence-corrected chi connectivity index (χ2v) is 6.70. The van der Waals surface area contributed by atoms with Crippen LogP contribution in [0.2, 0.25) is 0 Å². The summed E-state index contributed by atoms with van der Waals surface area (Å²) in [5.74, 6) is -1.03. The molecule has 2 saturated heterocycles. The van der Waals surface area contributed by atoms with E-state index in [0.717, 1.165) is 31.2 Å². The van der Waals surface area contributed by atoms with E-state index in [4.69, 9.17) is 19.4 Å². The zero-order valence-corrected chi connectivity index (χ0v) is 13.9. The summed E-state index contributed by atoms with van der Waals surface area (Å²) in [7, 11) is 0.243. The van der Waals surface area contributed by atoms with Gasteiger partial charge in [-0.15, -0.1) is 0 Å². The Kier molecular flexibility index (Phi) is 5.55. The molecule has 0 radical (unpaired) electrons. The minimum absolute atomic E-state index is 0.0727. The molecule has 0 aliphatic carbocycles. The molecule has 1 aromatic rings. The number of carbonyl (C=O) groups excluding carboxylic acids is 1. The molecule has 2 N–H and O–H groups in total. The van der Waals surface area contributed by atoms with Crippen molar-refractivity contribution in [3.63, 3.8) is 0 Å². The summed E-state index contributed by atoms with van der Waals surface area (Å²) in [4.78, 5) is 15.1. The Morgan fingerprint density at radius 1 is 1.25 bits per heavy atom. The second-order valence-electron chi connectivity index (χ2n) is 6.70. The third-order valence-corrected chi connectivity index (χ3v) is 5.24. The van der Waals surface area contributed by atoms with Gasteiger partial charge >= 0.3 is 13.3 Å². The normalized spacial score (nSPS) is 27.7. The van der Waals surface area contributed by atoms with Gasteiger partial charge in [0.1, 0.15) is 12.0 Å². The highest BCUT2D eigenvalue weighted by Crippen LogP contribution is 2.36. The van der Waals surface area contributed by atoms with Gasteiger partial charge in [-0.25, -0.2) is 0 Å². The molecule has 2 heterocycles. The molecule has 0 spiro atoms. The van der Waals surface area contributed by atoms with Gasteiger partial charge in [-0.2, -0.15) is 0 Å². The van der Waals surface area contributed by atoms with E-state index in [2.05, 4.69) is 11.9 Å². The number of nitrogens with zero attached hydrogens (tertiary/aromatic N) is 1. The Balaban J connectivity index is 1.65. The first-order valence-electron chi connectivity index (χ1n) is 8.49. The number of hydrogen-bond donors (Lipinski definition) is 2. The number of carbonyl (C=O) groups is 1. The van der Waals surface area contributed by atoms with Gasteiger partial charge in [-0.1, -0.05) is 30.3 Å². The highest BCUT2D eigenvalue weighted by molar-refractivity contribution is 6.32. The van der Waals surface area contributed by atoms with E-state index in [9.17, 15) is 4.79 Å². The molecule has 2 aliphatic rings. The van der Waals surface area contributed by atoms with Crippen LogP contribution >= 0.6 is 0 Å². The Bertz CT molecular complexity index is 541. The van der Waals surface area contributed by atoms with Crippen molar-refractivity contribution in [1.29, 1.82) is 0 Å². The summed E-state index contributed by atoms with van der Waals surface area (Å²) >= 11 is 0. The molecule has 0 saturated carbocycles. The van der Waals surface area contributed by atoms with Gasteiger partial charge in [-0.3, -0.25) is 4.79 Å². The van der Waals surface area contributed by atoms with E-state index >= 15 is 0 Å². The topological polar surface area (TPSA) is 79.2 Å². The first-order chi connectivity index (χ1) is 11.5. The third-order valence-electron chi connectivity index (χ3n) is 5.24. The molecule has 4 atom stereocenters. The minimum Gasteiger partial charge on any atom is -0.462 e. The number of hydrogen-bond acceptors (Lipinski definition) is 6. The van der Waals surface area contributed by atoms with Crippen LogP contribution in [0.15, 0.2) is 30.3 Å². The SMILES string of the molecule is CN1[C@@H]2CC[C@H]1C[C@@H](OC(=O)C(COB(O)O)c1ccccc1)C2. The predicted molar refractivity (Wildman–Crippen MR) is 89.0 cm³/mol. The molecule has 24 heavy (non-hydrogen) atoms. The van der Waals surface area contributed by atoms with Crippen LogP contribution in [-0.2, 0) is 14.2 Å². The van der Waals surface area contributed by atoms with Gasteiger partial charge < -0.3 is 24.3 Å². The van der Waals surface area contributed by atoms with E-state index in [-0.39, 0.29) is 18.7 Å².